The molecule has 22 saturated carbocycles. The van der Waals surface area contributed by atoms with Crippen molar-refractivity contribution < 1.29 is 201 Å². The number of rotatable bonds is 26. The summed E-state index contributed by atoms with van der Waals surface area (Å²) in [5.74, 6) is -18.5. The molecule has 20 bridgehead atoms. The summed E-state index contributed by atoms with van der Waals surface area (Å²) in [6.45, 7) is 2.19. The van der Waals surface area contributed by atoms with Crippen molar-refractivity contribution in [3.63, 3.8) is 0 Å². The van der Waals surface area contributed by atoms with E-state index >= 15 is 0 Å². The first-order valence-electron chi connectivity index (χ1n) is 49.4. The van der Waals surface area contributed by atoms with Crippen LogP contribution >= 0.6 is 0 Å². The number of hydrogen-bond acceptors (Lipinski definition) is 31. The number of carbonyl (C=O) groups is 5. The van der Waals surface area contributed by atoms with Gasteiger partial charge in [0.2, 0.25) is 6.10 Å². The van der Waals surface area contributed by atoms with Crippen LogP contribution < -0.4 is 0 Å². The molecule has 2 spiro atoms. The van der Waals surface area contributed by atoms with Gasteiger partial charge in [-0.3, -0.25) is 24.0 Å². The van der Waals surface area contributed by atoms with Gasteiger partial charge >= 0.3 is 44.8 Å². The topological polar surface area (TPSA) is 502 Å². The highest BCUT2D eigenvalue weighted by Crippen LogP contribution is 2.70. The Morgan fingerprint density at radius 2 is 0.893 bits per heavy atom. The van der Waals surface area contributed by atoms with E-state index in [2.05, 4.69) is 4.74 Å². The van der Waals surface area contributed by atoms with Crippen molar-refractivity contribution in [2.45, 2.75) is 341 Å². The zero-order valence-corrected chi connectivity index (χ0v) is 82.8. The Kier molecular flexibility index (Phi) is 31.5. The number of fused-ring (bicyclic) bond motifs is 7. The van der Waals surface area contributed by atoms with Crippen LogP contribution in [0.5, 0.6) is 0 Å². The summed E-state index contributed by atoms with van der Waals surface area (Å²) in [6.07, 6.45) is 14.5. The van der Waals surface area contributed by atoms with E-state index in [1.54, 1.807) is 0 Å². The van der Waals surface area contributed by atoms with Gasteiger partial charge in [-0.1, -0.05) is 52.4 Å². The lowest BCUT2D eigenvalue weighted by Gasteiger charge is -2.58. The molecule has 0 N–H and O–H groups in total. The molecule has 2 saturated heterocycles. The number of Topliss-reactive ketones (excluding diaryl/α,β-unsaturated/α-hetero) is 1. The molecule has 22 aliphatic carbocycles. The van der Waals surface area contributed by atoms with Crippen LogP contribution in [0.2, 0.25) is 0 Å². The second-order valence-corrected chi connectivity index (χ2v) is 54.9. The molecule has 140 heavy (non-hydrogen) atoms. The van der Waals surface area contributed by atoms with E-state index in [0.717, 1.165) is 172 Å². The normalized spacial score (nSPS) is 39.1. The highest BCUT2D eigenvalue weighted by atomic mass is 32.2. The van der Waals surface area contributed by atoms with Gasteiger partial charge in [0.15, 0.2) is 22.1 Å². The number of ether oxygens (including phenoxy) is 8. The molecule has 2 heterocycles. The number of carbonyl (C=O) groups excluding carboxylic acids is 5. The zero-order valence-electron chi connectivity index (χ0n) is 83.9. The van der Waals surface area contributed by atoms with Gasteiger partial charge in [-0.15, -0.1) is 0 Å². The summed E-state index contributed by atoms with van der Waals surface area (Å²) in [5.41, 5.74) is -2.93. The van der Waals surface area contributed by atoms with Crippen molar-refractivity contribution >= 4 is 90.4 Å². The number of ketones is 1. The Morgan fingerprint density at radius 1 is 0.457 bits per heavy atom. The van der Waals surface area contributed by atoms with Crippen molar-refractivity contribution in [3.8, 4) is 0 Å². The van der Waals surface area contributed by atoms with Gasteiger partial charge in [0.05, 0.1) is 87.4 Å². The van der Waals surface area contributed by atoms with E-state index in [0.29, 0.717) is 117 Å². The van der Waals surface area contributed by atoms with E-state index < -0.39 is 226 Å². The number of esters is 4. The second kappa shape index (κ2) is 40.1. The third-order valence-electron chi connectivity index (χ3n) is 36.0. The summed E-state index contributed by atoms with van der Waals surface area (Å²) in [5, 5.41) is -5.22. The summed E-state index contributed by atoms with van der Waals surface area (Å²) < 4.78 is 401. The van der Waals surface area contributed by atoms with Gasteiger partial charge in [0.1, 0.15) is 70.5 Å². The standard InChI is InChI=1S/C19H26F2O5S.C18H30O7S.C16H22F4O5S.2C14H19F3O5S.C10H16O4S/c20-18(21,8-27(22,23)24)15-7-11-6-14(15)17-16(11)25-19(26-17)12-2-9-1-10(4-12)5-13(19)3-9;19-17(24-12-14-7-3-1-4-8-14)11-16(26(21,22)23)18(20)25-13-15-9-5-2-6-10-15;17-14(18,8-26(21,22)23)7-15(19,20)13-6-24-16(25-13)11-2-9-1-10(4-11)5-12(16)3-9;15-14(16,17)11(7-23(19,20)21)22-12(18)13-4-8-1-9(5-13)3-10(2-8)6-13;15-14(16,17)11(23(19,20)21)7-22-12(18)13-4-8-1-9(5-13)3-10(2-8)6-13;1-9(2)7-3-4-10(9,8(11)5-7)6-15(12,13)14/h9-17H,1-8H2,(H,22,23,24);14-16H,1-13H2,(H,21,22,23);9-13H,1-8H2,(H,21,22,23);2*8-11H,1-7H2,(H,19,20,21);7H,3-6H2,1-2H3,(H,12,13,14)/i/hT6. The van der Waals surface area contributed by atoms with E-state index in [1.807, 2.05) is 13.8 Å². The van der Waals surface area contributed by atoms with Crippen LogP contribution in [0, 0.1) is 140 Å². The molecule has 24 rings (SSSR count). The minimum Gasteiger partial charge on any atom is -0.748 e. The first-order valence-corrected chi connectivity index (χ1v) is 58.6. The Hall–Kier alpha value is -3.99. The molecule has 24 aliphatic rings. The number of hydrogen-bond donors (Lipinski definition) is 0. The summed E-state index contributed by atoms with van der Waals surface area (Å²) in [6, 6.07) is 0. The first kappa shape index (κ1) is 110. The summed E-state index contributed by atoms with van der Waals surface area (Å²) >= 11 is 0. The van der Waals surface area contributed by atoms with Crippen LogP contribution in [0.1, 0.15) is 273 Å². The van der Waals surface area contributed by atoms with Crippen molar-refractivity contribution in [1.82, 2.24) is 0 Å². The maximum atomic E-state index is 14.6. The third kappa shape index (κ3) is 24.7. The minimum atomic E-state index is -5.63. The second-order valence-electron chi connectivity index (χ2n) is 46.1. The van der Waals surface area contributed by atoms with Gasteiger partial charge in [0, 0.05) is 41.4 Å². The molecule has 2 aliphatic heterocycles. The van der Waals surface area contributed by atoms with Gasteiger partial charge in [0.25, 0.3) is 17.8 Å². The third-order valence-corrected chi connectivity index (χ3v) is 41.2. The fourth-order valence-electron chi connectivity index (χ4n) is 31.0. The van der Waals surface area contributed by atoms with E-state index in [4.69, 9.17) is 33.2 Å². The molecular formula is C91H132F12O31S6. The SMILES string of the molecule is CC1(C)C2CCC1(CS(=O)(=O)[O-])C(=O)C2.O=C(CC(C(=O)OCC1CCCCC1)S(=O)(=O)[O-])OCC1CCCCC1.O=C(OC(CS(=O)(=O)[O-])C(F)(F)F)C12CC3CC(CC(C3)C1)C2.O=C(OCC(C(F)(F)F)S(=O)(=O)[O-])C12CC3CC(CC(C3)C1)C2.O=S(=O)([O-])CC(F)(F)C1CC2CC1C1OC3(OC21)C1CC2CC(C1)CC3C2.O=S(=O)([O-])CC(F)(F)CC(F)(F)C1COC2(O1)C1CC3CC(C1)CC2C3.[3H+].[3H+].[3H+].[3H+].[3H+].[3H+]. The van der Waals surface area contributed by atoms with E-state index in [-0.39, 0.29) is 87.1 Å². The zero-order chi connectivity index (χ0) is 102. The Balaban J connectivity index is 0.000000195. The number of halogens is 12. The molecule has 49 heteroatoms. The van der Waals surface area contributed by atoms with E-state index in [1.165, 1.54) is 12.8 Å². The molecule has 0 aromatic carbocycles. The fourth-order valence-corrected chi connectivity index (χ4v) is 35.4. The molecule has 11 atom stereocenters. The van der Waals surface area contributed by atoms with E-state index in [9.17, 15) is 154 Å². The van der Waals surface area contributed by atoms with Crippen LogP contribution in [0.15, 0.2) is 0 Å². The van der Waals surface area contributed by atoms with Crippen molar-refractivity contribution in [3.05, 3.63) is 0 Å². The molecule has 24 fully saturated rings. The van der Waals surface area contributed by atoms with Crippen LogP contribution in [0.3, 0.4) is 0 Å². The van der Waals surface area contributed by atoms with Gasteiger partial charge in [-0.2, -0.15) is 26.3 Å². The predicted octanol–water partition coefficient (Wildman–Crippen LogP) is 14.1. The molecule has 11 unspecified atom stereocenters. The van der Waals surface area contributed by atoms with Crippen LogP contribution in [-0.2, 0) is 123 Å². The largest absolute Gasteiger partial charge is 1.00 e. The molecule has 802 valence electrons. The van der Waals surface area contributed by atoms with Gasteiger partial charge in [-0.05, 0) is 287 Å². The predicted molar refractivity (Wildman–Crippen MR) is 464 cm³/mol. The lowest BCUT2D eigenvalue weighted by atomic mass is 9.49. The Labute approximate surface area is 817 Å². The molecular weight excluding hydrogens is 2010 g/mol. The van der Waals surface area contributed by atoms with Crippen LogP contribution in [-0.4, -0.2) is 234 Å². The van der Waals surface area contributed by atoms with Crippen molar-refractivity contribution in [2.24, 2.45) is 140 Å². The highest BCUT2D eigenvalue weighted by molar-refractivity contribution is 7.87. The summed E-state index contributed by atoms with van der Waals surface area (Å²) in [7, 11) is -30.4. The molecule has 31 nitrogen and oxygen atoms in total. The summed E-state index contributed by atoms with van der Waals surface area (Å²) in [4.78, 5) is 60.6. The Bertz CT molecular complexity index is 5170. The van der Waals surface area contributed by atoms with Gasteiger partial charge < -0.3 is 65.2 Å². The highest BCUT2D eigenvalue weighted by Gasteiger charge is 2.73. The van der Waals surface area contributed by atoms with Gasteiger partial charge in [-0.25, -0.2) is 76.8 Å². The lowest BCUT2D eigenvalue weighted by Crippen LogP contribution is -2.59. The molecule has 0 amide bonds. The number of alkyl halides is 12. The average Bonchev–Trinajstić information content (AvgIpc) is 1.52. The fraction of sp³-hybridized carbons (Fsp3) is 0.945. The maximum absolute atomic E-state index is 14.6. The average molecular weight is 2150 g/mol. The molecule has 0 aromatic heterocycles. The first-order chi connectivity index (χ1) is 64.5. The maximum Gasteiger partial charge on any atom is 1.00 e. The minimum absolute atomic E-state index is 0. The van der Waals surface area contributed by atoms with Crippen molar-refractivity contribution in [1.29, 1.82) is 0 Å². The quantitative estimate of drug-likeness (QED) is 0.0336. The molecule has 0 radical (unpaired) electrons. The van der Waals surface area contributed by atoms with Crippen LogP contribution in [0.25, 0.3) is 0 Å². The van der Waals surface area contributed by atoms with Crippen LogP contribution in [0.4, 0.5) is 52.7 Å². The van der Waals surface area contributed by atoms with Crippen molar-refractivity contribution in [2.75, 3.05) is 49.4 Å². The Morgan fingerprint density at radius 3 is 1.29 bits per heavy atom. The monoisotopic (exact) mass is 2150 g/mol. The smallest absolute Gasteiger partial charge is 0.748 e. The lowest BCUT2D eigenvalue weighted by molar-refractivity contribution is -0.307. The molecule has 0 aromatic rings.